The molecule has 4 aromatic carbocycles. The van der Waals surface area contributed by atoms with Crippen LogP contribution in [0.15, 0.2) is 140 Å². The van der Waals surface area contributed by atoms with Crippen LogP contribution in [-0.2, 0) is 0 Å². The molecule has 3 heterocycles. The molecule has 39 heavy (non-hydrogen) atoms. The first-order chi connectivity index (χ1) is 19.3. The zero-order valence-electron chi connectivity index (χ0n) is 21.0. The Bertz CT molecular complexity index is 1860. The van der Waals surface area contributed by atoms with Crippen molar-refractivity contribution in [3.05, 3.63) is 140 Å². The monoisotopic (exact) mass is 517 g/mol. The molecule has 0 saturated heterocycles. The van der Waals surface area contributed by atoms with E-state index in [1.54, 1.807) is 17.5 Å². The number of hydrogen-bond donors (Lipinski definition) is 0. The average Bonchev–Trinajstić information content (AvgIpc) is 3.47. The Morgan fingerprint density at radius 1 is 0.462 bits per heavy atom. The van der Waals surface area contributed by atoms with E-state index in [-0.39, 0.29) is 0 Å². The first-order valence-electron chi connectivity index (χ1n) is 12.8. The van der Waals surface area contributed by atoms with Crippen molar-refractivity contribution in [2.75, 3.05) is 0 Å². The summed E-state index contributed by atoms with van der Waals surface area (Å²) in [6.07, 6.45) is 3.67. The largest absolute Gasteiger partial charge is 0.264 e. The minimum Gasteiger partial charge on any atom is -0.264 e. The highest BCUT2D eigenvalue weighted by molar-refractivity contribution is 7.22. The van der Waals surface area contributed by atoms with Crippen molar-refractivity contribution in [1.29, 1.82) is 0 Å². The van der Waals surface area contributed by atoms with E-state index in [9.17, 15) is 0 Å². The summed E-state index contributed by atoms with van der Waals surface area (Å²) in [6.45, 7) is 0. The highest BCUT2D eigenvalue weighted by Crippen LogP contribution is 2.36. The molecule has 0 bridgehead atoms. The van der Waals surface area contributed by atoms with Gasteiger partial charge in [0.1, 0.15) is 0 Å². The van der Waals surface area contributed by atoms with Gasteiger partial charge in [-0.25, -0.2) is 9.97 Å². The van der Waals surface area contributed by atoms with E-state index >= 15 is 0 Å². The average molecular weight is 518 g/mol. The summed E-state index contributed by atoms with van der Waals surface area (Å²) in [5.74, 6) is 0.711. The van der Waals surface area contributed by atoms with E-state index in [0.29, 0.717) is 5.82 Å². The molecule has 0 aliphatic rings. The number of fused-ring (bicyclic) bond motifs is 1. The van der Waals surface area contributed by atoms with Crippen molar-refractivity contribution >= 4 is 21.4 Å². The fourth-order valence-corrected chi connectivity index (χ4v) is 5.82. The van der Waals surface area contributed by atoms with Gasteiger partial charge in [0.05, 0.1) is 16.3 Å². The Kier molecular flexibility index (Phi) is 6.00. The number of benzene rings is 4. The lowest BCUT2D eigenvalue weighted by atomic mass is 10.0. The van der Waals surface area contributed by atoms with E-state index in [4.69, 9.17) is 9.97 Å². The lowest BCUT2D eigenvalue weighted by Gasteiger charge is -2.10. The van der Waals surface area contributed by atoms with Gasteiger partial charge in [-0.3, -0.25) is 4.98 Å². The molecule has 0 radical (unpaired) electrons. The van der Waals surface area contributed by atoms with Gasteiger partial charge in [-0.2, -0.15) is 0 Å². The van der Waals surface area contributed by atoms with Crippen molar-refractivity contribution in [2.45, 2.75) is 0 Å². The SMILES string of the molecule is c1ccc(-c2cccc(-c3cc(-c4cc5ccccc5s4)nc(-c4ccc(-c5cccnc5)cc4)n3)c2)cc1. The molecule has 0 aliphatic heterocycles. The lowest BCUT2D eigenvalue weighted by Crippen LogP contribution is -1.95. The molecule has 0 N–H and O–H groups in total. The molecule has 0 amide bonds. The van der Waals surface area contributed by atoms with Crippen molar-refractivity contribution < 1.29 is 0 Å². The molecule has 0 unspecified atom stereocenters. The second-order valence-corrected chi connectivity index (χ2v) is 10.5. The van der Waals surface area contributed by atoms with Crippen LogP contribution in [0, 0.1) is 0 Å². The van der Waals surface area contributed by atoms with Crippen LogP contribution in [0.3, 0.4) is 0 Å². The van der Waals surface area contributed by atoms with Gasteiger partial charge in [0.15, 0.2) is 5.82 Å². The molecule has 7 aromatic rings. The minimum absolute atomic E-state index is 0.711. The van der Waals surface area contributed by atoms with Gasteiger partial charge in [-0.1, -0.05) is 97.1 Å². The third-order valence-corrected chi connectivity index (χ3v) is 7.95. The van der Waals surface area contributed by atoms with Crippen molar-refractivity contribution in [3.8, 4) is 55.5 Å². The molecular weight excluding hydrogens is 494 g/mol. The normalized spacial score (nSPS) is 11.1. The maximum atomic E-state index is 5.07. The summed E-state index contributed by atoms with van der Waals surface area (Å²) in [4.78, 5) is 15.5. The second-order valence-electron chi connectivity index (χ2n) is 9.38. The van der Waals surface area contributed by atoms with Crippen LogP contribution in [0.5, 0.6) is 0 Å². The molecule has 4 heteroatoms. The maximum Gasteiger partial charge on any atom is 0.160 e. The van der Waals surface area contributed by atoms with Crippen molar-refractivity contribution in [3.63, 3.8) is 0 Å². The summed E-state index contributed by atoms with van der Waals surface area (Å²) in [5, 5.41) is 1.23. The molecule has 3 nitrogen and oxygen atoms in total. The Balaban J connectivity index is 1.36. The zero-order chi connectivity index (χ0) is 26.0. The van der Waals surface area contributed by atoms with Crippen LogP contribution in [0.25, 0.3) is 65.6 Å². The highest BCUT2D eigenvalue weighted by Gasteiger charge is 2.14. The molecule has 0 spiro atoms. The van der Waals surface area contributed by atoms with Crippen molar-refractivity contribution in [1.82, 2.24) is 15.0 Å². The third-order valence-electron chi connectivity index (χ3n) is 6.81. The predicted molar refractivity (Wildman–Crippen MR) is 162 cm³/mol. The topological polar surface area (TPSA) is 38.7 Å². The van der Waals surface area contributed by atoms with Crippen LogP contribution in [-0.4, -0.2) is 15.0 Å². The Morgan fingerprint density at radius 3 is 1.97 bits per heavy atom. The molecular formula is C35H23N3S. The highest BCUT2D eigenvalue weighted by atomic mass is 32.1. The quantitative estimate of drug-likeness (QED) is 0.228. The molecule has 0 fully saturated rings. The van der Waals surface area contributed by atoms with Gasteiger partial charge >= 0.3 is 0 Å². The van der Waals surface area contributed by atoms with E-state index in [1.807, 2.05) is 18.3 Å². The van der Waals surface area contributed by atoms with Gasteiger partial charge in [0.2, 0.25) is 0 Å². The summed E-state index contributed by atoms with van der Waals surface area (Å²) in [7, 11) is 0. The van der Waals surface area contributed by atoms with Crippen LogP contribution in [0.2, 0.25) is 0 Å². The molecule has 0 saturated carbocycles. The smallest absolute Gasteiger partial charge is 0.160 e. The number of rotatable bonds is 5. The number of pyridine rings is 1. The van der Waals surface area contributed by atoms with E-state index in [0.717, 1.165) is 44.1 Å². The fourth-order valence-electron chi connectivity index (χ4n) is 4.79. The van der Waals surface area contributed by atoms with Gasteiger partial charge in [-0.15, -0.1) is 11.3 Å². The number of nitrogens with zero attached hydrogens (tertiary/aromatic N) is 3. The summed E-state index contributed by atoms with van der Waals surface area (Å²) >= 11 is 1.76. The van der Waals surface area contributed by atoms with Crippen LogP contribution in [0.4, 0.5) is 0 Å². The Hall–Kier alpha value is -4.93. The molecule has 184 valence electrons. The summed E-state index contributed by atoms with van der Waals surface area (Å²) < 4.78 is 1.25. The first kappa shape index (κ1) is 23.2. The molecule has 7 rings (SSSR count). The predicted octanol–water partition coefficient (Wildman–Crippen LogP) is 9.42. The van der Waals surface area contributed by atoms with E-state index in [2.05, 4.69) is 120 Å². The lowest BCUT2D eigenvalue weighted by molar-refractivity contribution is 1.19. The van der Waals surface area contributed by atoms with Crippen LogP contribution in [0.1, 0.15) is 0 Å². The zero-order valence-corrected chi connectivity index (χ0v) is 21.8. The van der Waals surface area contributed by atoms with E-state index < -0.39 is 0 Å². The minimum atomic E-state index is 0.711. The van der Waals surface area contributed by atoms with Gasteiger partial charge < -0.3 is 0 Å². The van der Waals surface area contributed by atoms with Crippen LogP contribution >= 0.6 is 11.3 Å². The first-order valence-corrected chi connectivity index (χ1v) is 13.7. The number of hydrogen-bond acceptors (Lipinski definition) is 4. The Morgan fingerprint density at radius 2 is 1.15 bits per heavy atom. The van der Waals surface area contributed by atoms with E-state index in [1.165, 1.54) is 15.6 Å². The number of aromatic nitrogens is 3. The van der Waals surface area contributed by atoms with Gasteiger partial charge in [0.25, 0.3) is 0 Å². The maximum absolute atomic E-state index is 5.07. The van der Waals surface area contributed by atoms with Gasteiger partial charge in [0, 0.05) is 28.2 Å². The molecule has 3 aromatic heterocycles. The van der Waals surface area contributed by atoms with Gasteiger partial charge in [-0.05, 0) is 58.0 Å². The van der Waals surface area contributed by atoms with Crippen LogP contribution < -0.4 is 0 Å². The molecule has 0 aliphatic carbocycles. The number of thiophene rings is 1. The summed E-state index contributed by atoms with van der Waals surface area (Å²) in [5.41, 5.74) is 8.42. The second kappa shape index (κ2) is 10.1. The standard InChI is InChI=1S/C35H23N3S/c1-2-8-24(9-3-1)27-11-6-12-28(20-27)31-22-32(34-21-29-10-4-5-14-33(29)39-34)38-35(37-31)26-17-15-25(16-18-26)30-13-7-19-36-23-30/h1-23H. The molecule has 0 atom stereocenters. The fraction of sp³-hybridized carbons (Fsp3) is 0. The third kappa shape index (κ3) is 4.74. The summed E-state index contributed by atoms with van der Waals surface area (Å²) in [6, 6.07) is 44.3. The Labute approximate surface area is 231 Å². The van der Waals surface area contributed by atoms with Crippen molar-refractivity contribution in [2.24, 2.45) is 0 Å².